The van der Waals surface area contributed by atoms with Crippen LogP contribution in [-0.2, 0) is 6.42 Å². The second-order valence-electron chi connectivity index (χ2n) is 3.40. The molecule has 2 rings (SSSR count). The summed E-state index contributed by atoms with van der Waals surface area (Å²) in [5.74, 6) is -3.44. The summed E-state index contributed by atoms with van der Waals surface area (Å²) in [5.41, 5.74) is 5.39. The summed E-state index contributed by atoms with van der Waals surface area (Å²) in [4.78, 5) is 3.98. The van der Waals surface area contributed by atoms with Crippen LogP contribution in [0.3, 0.4) is 0 Å². The molecule has 0 saturated carbocycles. The Balaban J connectivity index is 2.39. The first kappa shape index (κ1) is 11.6. The van der Waals surface area contributed by atoms with Gasteiger partial charge in [0.2, 0.25) is 0 Å². The smallest absolute Gasteiger partial charge is 0.194 e. The quantitative estimate of drug-likeness (QED) is 0.799. The van der Waals surface area contributed by atoms with Gasteiger partial charge in [-0.15, -0.1) is 0 Å². The number of aromatic nitrogens is 3. The first-order valence-corrected chi connectivity index (χ1v) is 4.88. The van der Waals surface area contributed by atoms with Gasteiger partial charge in [0.15, 0.2) is 23.3 Å². The van der Waals surface area contributed by atoms with E-state index in [4.69, 9.17) is 5.73 Å². The van der Waals surface area contributed by atoms with Crippen molar-refractivity contribution >= 4 is 0 Å². The number of hydrogen-bond donors (Lipinski definition) is 2. The van der Waals surface area contributed by atoms with Gasteiger partial charge in [-0.3, -0.25) is 5.10 Å². The fourth-order valence-corrected chi connectivity index (χ4v) is 1.36. The van der Waals surface area contributed by atoms with E-state index in [0.717, 1.165) is 12.1 Å². The Bertz CT molecular complexity index is 515. The Hall–Kier alpha value is -1.89. The molecule has 0 bridgehead atoms. The van der Waals surface area contributed by atoms with Gasteiger partial charge in [-0.2, -0.15) is 5.10 Å². The van der Waals surface area contributed by atoms with Crippen LogP contribution in [0, 0.1) is 17.5 Å². The van der Waals surface area contributed by atoms with Crippen molar-refractivity contribution in [3.63, 3.8) is 0 Å². The van der Waals surface area contributed by atoms with Gasteiger partial charge < -0.3 is 5.73 Å². The average Bonchev–Trinajstić information content (AvgIpc) is 2.74. The van der Waals surface area contributed by atoms with Crippen molar-refractivity contribution in [1.82, 2.24) is 15.2 Å². The Kier molecular flexibility index (Phi) is 3.10. The molecule has 2 aromatic rings. The number of nitrogens with two attached hydrogens (primary N) is 1. The summed E-state index contributed by atoms with van der Waals surface area (Å²) in [7, 11) is 0. The lowest BCUT2D eigenvalue weighted by atomic mass is 10.2. The molecule has 4 nitrogen and oxygen atoms in total. The zero-order chi connectivity index (χ0) is 12.4. The van der Waals surface area contributed by atoms with Crippen LogP contribution < -0.4 is 5.73 Å². The van der Waals surface area contributed by atoms with E-state index in [2.05, 4.69) is 15.2 Å². The maximum Gasteiger partial charge on any atom is 0.194 e. The molecule has 3 N–H and O–H groups in total. The second kappa shape index (κ2) is 4.54. The van der Waals surface area contributed by atoms with Crippen molar-refractivity contribution in [3.05, 3.63) is 35.4 Å². The predicted octanol–water partition coefficient (Wildman–Crippen LogP) is 1.39. The Labute approximate surface area is 94.7 Å². The molecule has 0 aliphatic rings. The normalized spacial score (nSPS) is 10.8. The highest BCUT2D eigenvalue weighted by Crippen LogP contribution is 2.20. The molecule has 1 aromatic carbocycles. The fourth-order valence-electron chi connectivity index (χ4n) is 1.36. The molecular weight excluding hydrogens is 233 g/mol. The van der Waals surface area contributed by atoms with Gasteiger partial charge >= 0.3 is 0 Å². The number of hydrogen-bond acceptors (Lipinski definition) is 3. The van der Waals surface area contributed by atoms with Crippen LogP contribution in [-0.4, -0.2) is 21.7 Å². The molecule has 0 amide bonds. The minimum Gasteiger partial charge on any atom is -0.330 e. The minimum absolute atomic E-state index is 0.0703. The van der Waals surface area contributed by atoms with Gasteiger partial charge in [0, 0.05) is 12.0 Å². The topological polar surface area (TPSA) is 67.6 Å². The van der Waals surface area contributed by atoms with Crippen molar-refractivity contribution in [1.29, 1.82) is 0 Å². The van der Waals surface area contributed by atoms with Crippen LogP contribution in [0.1, 0.15) is 5.82 Å². The van der Waals surface area contributed by atoms with E-state index in [0.29, 0.717) is 18.8 Å². The highest BCUT2D eigenvalue weighted by Gasteiger charge is 2.14. The number of aromatic amines is 1. The van der Waals surface area contributed by atoms with Crippen molar-refractivity contribution in [2.24, 2.45) is 5.73 Å². The van der Waals surface area contributed by atoms with E-state index < -0.39 is 17.5 Å². The van der Waals surface area contributed by atoms with Crippen LogP contribution in [0.5, 0.6) is 0 Å². The van der Waals surface area contributed by atoms with Crippen molar-refractivity contribution in [2.75, 3.05) is 6.54 Å². The maximum absolute atomic E-state index is 13.0. The number of halogens is 3. The number of benzene rings is 1. The summed E-state index contributed by atoms with van der Waals surface area (Å²) in [6.45, 7) is 0.376. The fraction of sp³-hybridized carbons (Fsp3) is 0.200. The van der Waals surface area contributed by atoms with E-state index in [9.17, 15) is 13.2 Å². The summed E-state index contributed by atoms with van der Waals surface area (Å²) < 4.78 is 38.7. The van der Waals surface area contributed by atoms with E-state index in [1.165, 1.54) is 0 Å². The number of nitrogens with one attached hydrogen (secondary N) is 1. The van der Waals surface area contributed by atoms with Crippen LogP contribution in [0.25, 0.3) is 11.4 Å². The zero-order valence-electron chi connectivity index (χ0n) is 8.67. The molecule has 0 aliphatic heterocycles. The van der Waals surface area contributed by atoms with Crippen molar-refractivity contribution in [2.45, 2.75) is 6.42 Å². The van der Waals surface area contributed by atoms with Gasteiger partial charge in [-0.25, -0.2) is 18.2 Å². The number of nitrogens with zero attached hydrogens (tertiary/aromatic N) is 2. The van der Waals surface area contributed by atoms with E-state index >= 15 is 0 Å². The molecule has 0 fully saturated rings. The molecule has 17 heavy (non-hydrogen) atoms. The summed E-state index contributed by atoms with van der Waals surface area (Å²) >= 11 is 0. The standard InChI is InChI=1S/C10H9F3N4/c11-6-3-5(4-7(12)9(6)13)10-15-8(1-2-14)16-17-10/h3-4H,1-2,14H2,(H,15,16,17). The average molecular weight is 242 g/mol. The Morgan fingerprint density at radius 3 is 2.41 bits per heavy atom. The Morgan fingerprint density at radius 2 is 1.82 bits per heavy atom. The summed E-state index contributed by atoms with van der Waals surface area (Å²) in [6.07, 6.45) is 0.471. The van der Waals surface area contributed by atoms with Crippen molar-refractivity contribution < 1.29 is 13.2 Å². The molecule has 1 aromatic heterocycles. The number of H-pyrrole nitrogens is 1. The molecule has 0 aliphatic carbocycles. The van der Waals surface area contributed by atoms with Gasteiger partial charge in [0.25, 0.3) is 0 Å². The molecule has 1 heterocycles. The third-order valence-electron chi connectivity index (χ3n) is 2.15. The molecule has 0 unspecified atom stereocenters. The highest BCUT2D eigenvalue weighted by atomic mass is 19.2. The number of rotatable bonds is 3. The molecule has 90 valence electrons. The zero-order valence-corrected chi connectivity index (χ0v) is 8.67. The highest BCUT2D eigenvalue weighted by molar-refractivity contribution is 5.54. The Morgan fingerprint density at radius 1 is 1.18 bits per heavy atom. The first-order chi connectivity index (χ1) is 8.11. The lowest BCUT2D eigenvalue weighted by Gasteiger charge is -1.98. The van der Waals surface area contributed by atoms with Gasteiger partial charge in [0.05, 0.1) is 0 Å². The van der Waals surface area contributed by atoms with E-state index in [1.54, 1.807) is 0 Å². The minimum atomic E-state index is -1.51. The van der Waals surface area contributed by atoms with E-state index in [-0.39, 0.29) is 11.4 Å². The molecule has 0 spiro atoms. The summed E-state index contributed by atoms with van der Waals surface area (Å²) in [6, 6.07) is 1.68. The van der Waals surface area contributed by atoms with Gasteiger partial charge in [-0.1, -0.05) is 0 Å². The first-order valence-electron chi connectivity index (χ1n) is 4.88. The van der Waals surface area contributed by atoms with Crippen LogP contribution in [0.4, 0.5) is 13.2 Å². The SMILES string of the molecule is NCCc1nc(-c2cc(F)c(F)c(F)c2)n[nH]1. The third kappa shape index (κ3) is 2.28. The van der Waals surface area contributed by atoms with Crippen LogP contribution >= 0.6 is 0 Å². The monoisotopic (exact) mass is 242 g/mol. The lowest BCUT2D eigenvalue weighted by Crippen LogP contribution is -2.03. The third-order valence-corrected chi connectivity index (χ3v) is 2.15. The molecule has 0 radical (unpaired) electrons. The van der Waals surface area contributed by atoms with Gasteiger partial charge in [-0.05, 0) is 18.7 Å². The van der Waals surface area contributed by atoms with Gasteiger partial charge in [0.1, 0.15) is 5.82 Å². The molecule has 0 atom stereocenters. The summed E-state index contributed by atoms with van der Waals surface area (Å²) in [5, 5.41) is 6.35. The van der Waals surface area contributed by atoms with E-state index in [1.807, 2.05) is 0 Å². The molecular formula is C10H9F3N4. The van der Waals surface area contributed by atoms with Crippen molar-refractivity contribution in [3.8, 4) is 11.4 Å². The molecule has 0 saturated heterocycles. The van der Waals surface area contributed by atoms with Crippen LogP contribution in [0.15, 0.2) is 12.1 Å². The largest absolute Gasteiger partial charge is 0.330 e. The lowest BCUT2D eigenvalue weighted by molar-refractivity contribution is 0.447. The predicted molar refractivity (Wildman–Crippen MR) is 54.5 cm³/mol. The molecule has 7 heteroatoms. The second-order valence-corrected chi connectivity index (χ2v) is 3.40. The maximum atomic E-state index is 13.0. The van der Waals surface area contributed by atoms with Crippen LogP contribution in [0.2, 0.25) is 0 Å².